The zero-order valence-electron chi connectivity index (χ0n) is 10.7. The van der Waals surface area contributed by atoms with E-state index in [0.717, 1.165) is 40.3 Å². The number of halogens is 3. The van der Waals surface area contributed by atoms with E-state index in [1.54, 1.807) is 0 Å². The molecule has 4 heteroatoms. The van der Waals surface area contributed by atoms with Crippen molar-refractivity contribution in [3.63, 3.8) is 0 Å². The Bertz CT molecular complexity index is 642. The van der Waals surface area contributed by atoms with Gasteiger partial charge in [0.05, 0.1) is 6.61 Å². The lowest BCUT2D eigenvalue weighted by Crippen LogP contribution is -1.99. The highest BCUT2D eigenvalue weighted by molar-refractivity contribution is 9.10. The largest absolute Gasteiger partial charge is 0.493 e. The molecule has 2 aromatic carbocycles. The van der Waals surface area contributed by atoms with Crippen molar-refractivity contribution in [2.75, 3.05) is 6.61 Å². The first-order valence-electron chi connectivity index (χ1n) is 6.47. The minimum absolute atomic E-state index is 0.197. The molecule has 20 heavy (non-hydrogen) atoms. The van der Waals surface area contributed by atoms with Gasteiger partial charge in [-0.3, -0.25) is 0 Å². The Morgan fingerprint density at radius 2 is 2.10 bits per heavy atom. The van der Waals surface area contributed by atoms with Crippen molar-refractivity contribution < 1.29 is 4.74 Å². The van der Waals surface area contributed by atoms with Gasteiger partial charge >= 0.3 is 0 Å². The molecule has 1 aliphatic heterocycles. The predicted octanol–water partition coefficient (Wildman–Crippen LogP) is 5.72. The average molecular weight is 417 g/mol. The quantitative estimate of drug-likeness (QED) is 0.582. The fourth-order valence-corrected chi connectivity index (χ4v) is 3.92. The van der Waals surface area contributed by atoms with Crippen molar-refractivity contribution in [1.82, 2.24) is 0 Å². The van der Waals surface area contributed by atoms with E-state index in [9.17, 15) is 0 Å². The van der Waals surface area contributed by atoms with Crippen LogP contribution in [0.5, 0.6) is 5.75 Å². The SMILES string of the molecule is Clc1cc2c(c(C(Br)Cc3cccc(Br)c3)c1)OCC2. The molecule has 2 aromatic rings. The van der Waals surface area contributed by atoms with Crippen molar-refractivity contribution in [1.29, 1.82) is 0 Å². The molecule has 1 heterocycles. The molecule has 0 aliphatic carbocycles. The minimum atomic E-state index is 0.197. The number of benzene rings is 2. The summed E-state index contributed by atoms with van der Waals surface area (Å²) in [5.41, 5.74) is 3.63. The van der Waals surface area contributed by atoms with Crippen LogP contribution in [0.2, 0.25) is 5.02 Å². The van der Waals surface area contributed by atoms with Gasteiger partial charge in [0.1, 0.15) is 5.75 Å². The molecular weight excluding hydrogens is 403 g/mol. The summed E-state index contributed by atoms with van der Waals surface area (Å²) < 4.78 is 6.87. The van der Waals surface area contributed by atoms with Crippen LogP contribution in [0.25, 0.3) is 0 Å². The van der Waals surface area contributed by atoms with E-state index in [1.165, 1.54) is 11.1 Å². The molecule has 1 nitrogen and oxygen atoms in total. The van der Waals surface area contributed by atoms with Gasteiger partial charge in [-0.1, -0.05) is 55.6 Å². The van der Waals surface area contributed by atoms with Gasteiger partial charge in [0, 0.05) is 26.3 Å². The maximum atomic E-state index is 6.22. The highest BCUT2D eigenvalue weighted by Crippen LogP contribution is 2.40. The molecular formula is C16H13Br2ClO. The lowest BCUT2D eigenvalue weighted by molar-refractivity contribution is 0.353. The summed E-state index contributed by atoms with van der Waals surface area (Å²) >= 11 is 13.5. The summed E-state index contributed by atoms with van der Waals surface area (Å²) in [5.74, 6) is 1.01. The van der Waals surface area contributed by atoms with Gasteiger partial charge in [0.2, 0.25) is 0 Å². The van der Waals surface area contributed by atoms with E-state index in [2.05, 4.69) is 50.1 Å². The topological polar surface area (TPSA) is 9.23 Å². The molecule has 0 fully saturated rings. The van der Waals surface area contributed by atoms with Crippen LogP contribution in [0, 0.1) is 0 Å². The molecule has 104 valence electrons. The monoisotopic (exact) mass is 414 g/mol. The number of rotatable bonds is 3. The van der Waals surface area contributed by atoms with Crippen LogP contribution >= 0.6 is 43.5 Å². The summed E-state index contributed by atoms with van der Waals surface area (Å²) in [6.45, 7) is 0.749. The van der Waals surface area contributed by atoms with Crippen molar-refractivity contribution in [3.05, 3.63) is 62.6 Å². The van der Waals surface area contributed by atoms with E-state index < -0.39 is 0 Å². The average Bonchev–Trinajstić information content (AvgIpc) is 2.85. The molecule has 1 atom stereocenters. The summed E-state index contributed by atoms with van der Waals surface area (Å²) in [7, 11) is 0. The number of ether oxygens (including phenoxy) is 1. The second kappa shape index (κ2) is 6.08. The molecule has 0 amide bonds. The smallest absolute Gasteiger partial charge is 0.127 e. The number of fused-ring (bicyclic) bond motifs is 1. The van der Waals surface area contributed by atoms with Crippen LogP contribution in [0.15, 0.2) is 40.9 Å². The first kappa shape index (κ1) is 14.4. The van der Waals surface area contributed by atoms with Crippen LogP contribution in [-0.4, -0.2) is 6.61 Å². The molecule has 0 radical (unpaired) electrons. The van der Waals surface area contributed by atoms with Gasteiger partial charge in [-0.2, -0.15) is 0 Å². The van der Waals surface area contributed by atoms with Crippen molar-refractivity contribution in [2.45, 2.75) is 17.7 Å². The summed E-state index contributed by atoms with van der Waals surface area (Å²) in [6.07, 6.45) is 1.84. The Morgan fingerprint density at radius 1 is 1.25 bits per heavy atom. The first-order chi connectivity index (χ1) is 9.63. The fraction of sp³-hybridized carbons (Fsp3) is 0.250. The van der Waals surface area contributed by atoms with Crippen LogP contribution in [-0.2, 0) is 12.8 Å². The van der Waals surface area contributed by atoms with Gasteiger partial charge in [-0.05, 0) is 41.8 Å². The van der Waals surface area contributed by atoms with Crippen LogP contribution < -0.4 is 4.74 Å². The number of alkyl halides is 1. The Labute approximate surface area is 140 Å². The van der Waals surface area contributed by atoms with Gasteiger partial charge in [0.15, 0.2) is 0 Å². The Kier molecular flexibility index (Phi) is 4.39. The fourth-order valence-electron chi connectivity index (χ4n) is 2.51. The Balaban J connectivity index is 1.89. The van der Waals surface area contributed by atoms with Crippen molar-refractivity contribution in [2.24, 2.45) is 0 Å². The van der Waals surface area contributed by atoms with Crippen molar-refractivity contribution in [3.8, 4) is 5.75 Å². The zero-order valence-corrected chi connectivity index (χ0v) is 14.6. The van der Waals surface area contributed by atoms with Crippen molar-refractivity contribution >= 4 is 43.5 Å². The molecule has 1 aliphatic rings. The molecule has 0 saturated carbocycles. The zero-order chi connectivity index (χ0) is 14.1. The van der Waals surface area contributed by atoms with Gasteiger partial charge < -0.3 is 4.74 Å². The number of hydrogen-bond acceptors (Lipinski definition) is 1. The third-order valence-corrected chi connectivity index (χ3v) is 4.95. The van der Waals surface area contributed by atoms with Gasteiger partial charge in [0.25, 0.3) is 0 Å². The molecule has 0 bridgehead atoms. The standard InChI is InChI=1S/C16H13Br2ClO/c17-12-3-1-2-10(6-12)7-15(18)14-9-13(19)8-11-4-5-20-16(11)14/h1-3,6,8-9,15H,4-5,7H2. The number of hydrogen-bond donors (Lipinski definition) is 0. The second-order valence-electron chi connectivity index (χ2n) is 4.88. The molecule has 3 rings (SSSR count). The maximum absolute atomic E-state index is 6.22. The summed E-state index contributed by atoms with van der Waals surface area (Å²) in [6, 6.07) is 12.4. The van der Waals surface area contributed by atoms with E-state index in [-0.39, 0.29) is 4.83 Å². The van der Waals surface area contributed by atoms with E-state index in [0.29, 0.717) is 0 Å². The third-order valence-electron chi connectivity index (χ3n) is 3.42. The molecule has 0 spiro atoms. The van der Waals surface area contributed by atoms with Crippen LogP contribution in [0.3, 0.4) is 0 Å². The Morgan fingerprint density at radius 3 is 2.90 bits per heavy atom. The van der Waals surface area contributed by atoms with Crippen LogP contribution in [0.4, 0.5) is 0 Å². The molecule has 0 saturated heterocycles. The molecule has 0 aromatic heterocycles. The third kappa shape index (κ3) is 3.05. The van der Waals surface area contributed by atoms with Gasteiger partial charge in [-0.25, -0.2) is 0 Å². The van der Waals surface area contributed by atoms with E-state index in [4.69, 9.17) is 16.3 Å². The lowest BCUT2D eigenvalue weighted by atomic mass is 10.0. The molecule has 1 unspecified atom stereocenters. The predicted molar refractivity (Wildman–Crippen MR) is 90.2 cm³/mol. The molecule has 0 N–H and O–H groups in total. The summed E-state index contributed by atoms with van der Waals surface area (Å²) in [4.78, 5) is 0.197. The highest BCUT2D eigenvalue weighted by atomic mass is 79.9. The minimum Gasteiger partial charge on any atom is -0.493 e. The lowest BCUT2D eigenvalue weighted by Gasteiger charge is -2.15. The first-order valence-corrected chi connectivity index (χ1v) is 8.56. The maximum Gasteiger partial charge on any atom is 0.127 e. The second-order valence-corrected chi connectivity index (χ2v) is 7.34. The van der Waals surface area contributed by atoms with Gasteiger partial charge in [-0.15, -0.1) is 0 Å². The van der Waals surface area contributed by atoms with Crippen LogP contribution in [0.1, 0.15) is 21.5 Å². The normalized spacial score (nSPS) is 14.8. The summed E-state index contributed by atoms with van der Waals surface area (Å²) in [5, 5.41) is 0.781. The van der Waals surface area contributed by atoms with E-state index >= 15 is 0 Å². The van der Waals surface area contributed by atoms with E-state index in [1.807, 2.05) is 18.2 Å². The highest BCUT2D eigenvalue weighted by Gasteiger charge is 2.22. The Hall–Kier alpha value is -0.510.